The van der Waals surface area contributed by atoms with Crippen LogP contribution in [0, 0.1) is 0 Å². The number of anilines is 1. The second kappa shape index (κ2) is 5.77. The molecule has 0 aromatic carbocycles. The average molecular weight is 249 g/mol. The van der Waals surface area contributed by atoms with Gasteiger partial charge in [0.05, 0.1) is 6.20 Å². The molecule has 1 aliphatic heterocycles. The summed E-state index contributed by atoms with van der Waals surface area (Å²) in [7, 11) is 0. The Balaban J connectivity index is 1.99. The Labute approximate surface area is 107 Å². The van der Waals surface area contributed by atoms with Crippen LogP contribution >= 0.6 is 0 Å². The Morgan fingerprint density at radius 3 is 2.89 bits per heavy atom. The number of aromatic nitrogens is 2. The van der Waals surface area contributed by atoms with Crippen LogP contribution in [0.4, 0.5) is 5.82 Å². The first-order valence-corrected chi connectivity index (χ1v) is 6.23. The number of carbonyl (C=O) groups is 1. The summed E-state index contributed by atoms with van der Waals surface area (Å²) in [6, 6.07) is 2.18. The number of amides is 1. The second-order valence-electron chi connectivity index (χ2n) is 4.55. The van der Waals surface area contributed by atoms with Gasteiger partial charge >= 0.3 is 0 Å². The third-order valence-corrected chi connectivity index (χ3v) is 3.20. The topological polar surface area (TPSA) is 84.1 Å². The molecule has 2 rings (SSSR count). The average Bonchev–Trinajstić information content (AvgIpc) is 2.39. The molecule has 1 aromatic heterocycles. The van der Waals surface area contributed by atoms with Crippen molar-refractivity contribution in [3.8, 4) is 0 Å². The number of nitrogens with two attached hydrogens (primary N) is 1. The maximum Gasteiger partial charge on any atom is 0.217 e. The number of hydrogen-bond acceptors (Lipinski definition) is 5. The Hall–Kier alpha value is -1.69. The zero-order chi connectivity index (χ0) is 13.0. The Morgan fingerprint density at radius 2 is 2.28 bits per heavy atom. The van der Waals surface area contributed by atoms with Crippen molar-refractivity contribution in [1.82, 2.24) is 15.5 Å². The summed E-state index contributed by atoms with van der Waals surface area (Å²) in [5, 5.41) is 11.0. The molecule has 98 valence electrons. The zero-order valence-electron chi connectivity index (χ0n) is 10.6. The van der Waals surface area contributed by atoms with Crippen molar-refractivity contribution in [1.29, 1.82) is 0 Å². The van der Waals surface area contributed by atoms with Gasteiger partial charge in [-0.05, 0) is 18.9 Å². The van der Waals surface area contributed by atoms with Crippen LogP contribution in [0.5, 0.6) is 0 Å². The summed E-state index contributed by atoms with van der Waals surface area (Å²) in [5.41, 5.74) is 6.72. The van der Waals surface area contributed by atoms with E-state index in [4.69, 9.17) is 5.73 Å². The number of nitrogens with one attached hydrogen (secondary N) is 1. The maximum absolute atomic E-state index is 11.0. The molecule has 1 aromatic rings. The van der Waals surface area contributed by atoms with Crippen molar-refractivity contribution in [3.63, 3.8) is 0 Å². The van der Waals surface area contributed by atoms with Crippen LogP contribution in [0.25, 0.3) is 0 Å². The Morgan fingerprint density at radius 1 is 1.56 bits per heavy atom. The van der Waals surface area contributed by atoms with Gasteiger partial charge in [-0.3, -0.25) is 4.79 Å². The molecule has 0 radical (unpaired) electrons. The standard InChI is InChI=1S/C12H19N5O/c1-9(18)15-11-3-6-17(7-4-11)12-10(8-13)2-5-14-16-12/h2,5,11H,3-4,6-8,13H2,1H3,(H,15,18). The minimum atomic E-state index is 0.0376. The van der Waals surface area contributed by atoms with E-state index in [1.807, 2.05) is 6.07 Å². The number of piperidine rings is 1. The van der Waals surface area contributed by atoms with Crippen molar-refractivity contribution >= 4 is 11.7 Å². The van der Waals surface area contributed by atoms with Crippen LogP contribution in [-0.2, 0) is 11.3 Å². The molecule has 2 heterocycles. The lowest BCUT2D eigenvalue weighted by Crippen LogP contribution is -2.44. The first-order chi connectivity index (χ1) is 8.70. The number of nitrogens with zero attached hydrogens (tertiary/aromatic N) is 3. The molecule has 6 nitrogen and oxygen atoms in total. The van der Waals surface area contributed by atoms with E-state index in [2.05, 4.69) is 20.4 Å². The highest BCUT2D eigenvalue weighted by Crippen LogP contribution is 2.20. The lowest BCUT2D eigenvalue weighted by atomic mass is 10.0. The summed E-state index contributed by atoms with van der Waals surface area (Å²) in [5.74, 6) is 0.914. The Kier molecular flexibility index (Phi) is 4.09. The zero-order valence-corrected chi connectivity index (χ0v) is 10.6. The van der Waals surface area contributed by atoms with Gasteiger partial charge in [-0.1, -0.05) is 0 Å². The van der Waals surface area contributed by atoms with Crippen LogP contribution in [-0.4, -0.2) is 35.2 Å². The van der Waals surface area contributed by atoms with E-state index in [1.165, 1.54) is 0 Å². The van der Waals surface area contributed by atoms with Gasteiger partial charge in [0.15, 0.2) is 5.82 Å². The highest BCUT2D eigenvalue weighted by molar-refractivity contribution is 5.73. The summed E-state index contributed by atoms with van der Waals surface area (Å²) >= 11 is 0. The molecule has 0 aliphatic carbocycles. The summed E-state index contributed by atoms with van der Waals surface area (Å²) < 4.78 is 0. The predicted octanol–water partition coefficient (Wildman–Crippen LogP) is 0.0402. The van der Waals surface area contributed by atoms with E-state index in [0.717, 1.165) is 37.3 Å². The molecule has 1 saturated heterocycles. The molecule has 0 saturated carbocycles. The van der Waals surface area contributed by atoms with Gasteiger partial charge in [-0.25, -0.2) is 0 Å². The molecular formula is C12H19N5O. The molecule has 0 bridgehead atoms. The van der Waals surface area contributed by atoms with Crippen LogP contribution in [0.15, 0.2) is 12.3 Å². The van der Waals surface area contributed by atoms with Crippen molar-refractivity contribution in [2.75, 3.05) is 18.0 Å². The van der Waals surface area contributed by atoms with Crippen molar-refractivity contribution in [2.24, 2.45) is 5.73 Å². The van der Waals surface area contributed by atoms with E-state index in [1.54, 1.807) is 13.1 Å². The third kappa shape index (κ3) is 2.95. The molecular weight excluding hydrogens is 230 g/mol. The molecule has 1 fully saturated rings. The van der Waals surface area contributed by atoms with Gasteiger partial charge in [0, 0.05) is 38.2 Å². The van der Waals surface area contributed by atoms with Crippen LogP contribution in [0.2, 0.25) is 0 Å². The fourth-order valence-electron chi connectivity index (χ4n) is 2.30. The quantitative estimate of drug-likeness (QED) is 0.790. The van der Waals surface area contributed by atoms with Crippen molar-refractivity contribution in [3.05, 3.63) is 17.8 Å². The summed E-state index contributed by atoms with van der Waals surface area (Å²) in [6.45, 7) is 3.77. The molecule has 0 unspecified atom stereocenters. The van der Waals surface area contributed by atoms with Crippen LogP contribution < -0.4 is 16.0 Å². The highest BCUT2D eigenvalue weighted by atomic mass is 16.1. The second-order valence-corrected chi connectivity index (χ2v) is 4.55. The fraction of sp³-hybridized carbons (Fsp3) is 0.583. The Bertz CT molecular complexity index is 415. The maximum atomic E-state index is 11.0. The number of carbonyl (C=O) groups excluding carboxylic acids is 1. The summed E-state index contributed by atoms with van der Waals surface area (Å²) in [6.07, 6.45) is 3.52. The predicted molar refractivity (Wildman–Crippen MR) is 69.0 cm³/mol. The lowest BCUT2D eigenvalue weighted by molar-refractivity contribution is -0.119. The van der Waals surface area contributed by atoms with Gasteiger partial charge < -0.3 is 16.0 Å². The molecule has 1 aliphatic rings. The van der Waals surface area contributed by atoms with Gasteiger partial charge in [0.2, 0.25) is 5.91 Å². The SMILES string of the molecule is CC(=O)NC1CCN(c2nnccc2CN)CC1. The smallest absolute Gasteiger partial charge is 0.217 e. The normalized spacial score (nSPS) is 16.7. The molecule has 3 N–H and O–H groups in total. The van der Waals surface area contributed by atoms with E-state index < -0.39 is 0 Å². The minimum absolute atomic E-state index is 0.0376. The third-order valence-electron chi connectivity index (χ3n) is 3.20. The number of rotatable bonds is 3. The van der Waals surface area contributed by atoms with Crippen molar-refractivity contribution < 1.29 is 4.79 Å². The molecule has 6 heteroatoms. The van der Waals surface area contributed by atoms with Gasteiger partial charge in [0.25, 0.3) is 0 Å². The lowest BCUT2D eigenvalue weighted by Gasteiger charge is -2.33. The largest absolute Gasteiger partial charge is 0.355 e. The molecule has 18 heavy (non-hydrogen) atoms. The highest BCUT2D eigenvalue weighted by Gasteiger charge is 2.22. The van der Waals surface area contributed by atoms with Crippen LogP contribution in [0.1, 0.15) is 25.3 Å². The first kappa shape index (κ1) is 12.8. The van der Waals surface area contributed by atoms with Gasteiger partial charge in [0.1, 0.15) is 0 Å². The van der Waals surface area contributed by atoms with E-state index in [0.29, 0.717) is 6.54 Å². The van der Waals surface area contributed by atoms with E-state index in [9.17, 15) is 4.79 Å². The number of hydrogen-bond donors (Lipinski definition) is 2. The fourth-order valence-corrected chi connectivity index (χ4v) is 2.30. The molecule has 0 spiro atoms. The van der Waals surface area contributed by atoms with Crippen molar-refractivity contribution in [2.45, 2.75) is 32.4 Å². The summed E-state index contributed by atoms with van der Waals surface area (Å²) in [4.78, 5) is 13.2. The molecule has 0 atom stereocenters. The van der Waals surface area contributed by atoms with Gasteiger partial charge in [-0.15, -0.1) is 5.10 Å². The monoisotopic (exact) mass is 249 g/mol. The molecule has 1 amide bonds. The first-order valence-electron chi connectivity index (χ1n) is 6.23. The van der Waals surface area contributed by atoms with E-state index >= 15 is 0 Å². The van der Waals surface area contributed by atoms with E-state index in [-0.39, 0.29) is 11.9 Å². The van der Waals surface area contributed by atoms with Gasteiger partial charge in [-0.2, -0.15) is 5.10 Å². The minimum Gasteiger partial charge on any atom is -0.355 e. The van der Waals surface area contributed by atoms with Crippen LogP contribution in [0.3, 0.4) is 0 Å².